The van der Waals surface area contributed by atoms with E-state index in [1.807, 2.05) is 36.4 Å². The van der Waals surface area contributed by atoms with Crippen molar-refractivity contribution in [2.75, 3.05) is 21.0 Å². The van der Waals surface area contributed by atoms with Crippen LogP contribution in [0, 0.1) is 0 Å². The van der Waals surface area contributed by atoms with Crippen LogP contribution in [0.1, 0.15) is 5.56 Å². The monoisotopic (exact) mass is 426 g/mol. The molecule has 0 bridgehead atoms. The fourth-order valence-corrected chi connectivity index (χ4v) is 4.62. The van der Waals surface area contributed by atoms with Crippen LogP contribution < -0.4 is 24.4 Å². The number of hydrogen-bond acceptors (Lipinski definition) is 5. The Labute approximate surface area is 185 Å². The van der Waals surface area contributed by atoms with Gasteiger partial charge in [0.2, 0.25) is 6.79 Å². The molecule has 2 aliphatic heterocycles. The van der Waals surface area contributed by atoms with Gasteiger partial charge in [0.05, 0.1) is 31.0 Å². The van der Waals surface area contributed by atoms with Gasteiger partial charge in [0, 0.05) is 12.1 Å². The largest absolute Gasteiger partial charge is 0.493 e. The van der Waals surface area contributed by atoms with Crippen molar-refractivity contribution in [3.63, 3.8) is 0 Å². The summed E-state index contributed by atoms with van der Waals surface area (Å²) in [7, 11) is 3.33. The third-order valence-electron chi connectivity index (χ3n) is 6.11. The second-order valence-corrected chi connectivity index (χ2v) is 7.83. The molecule has 0 amide bonds. The summed E-state index contributed by atoms with van der Waals surface area (Å²) in [5.41, 5.74) is 5.22. The van der Waals surface area contributed by atoms with E-state index < -0.39 is 0 Å². The van der Waals surface area contributed by atoms with Crippen molar-refractivity contribution in [2.24, 2.45) is 4.99 Å². The van der Waals surface area contributed by atoms with Gasteiger partial charge in [0.1, 0.15) is 5.49 Å². The van der Waals surface area contributed by atoms with E-state index >= 15 is 0 Å². The lowest BCUT2D eigenvalue weighted by Crippen LogP contribution is -2.27. The first-order valence-corrected chi connectivity index (χ1v) is 10.6. The predicted octanol–water partition coefficient (Wildman–Crippen LogP) is 4.84. The van der Waals surface area contributed by atoms with Crippen LogP contribution in [0.3, 0.4) is 0 Å². The molecule has 0 fully saturated rings. The number of benzene rings is 3. The molecular formula is C26H22N2O4. The first-order valence-electron chi connectivity index (χ1n) is 10.6. The van der Waals surface area contributed by atoms with Gasteiger partial charge in [-0.15, -0.1) is 0 Å². The minimum atomic E-state index is 0.265. The second kappa shape index (κ2) is 7.34. The van der Waals surface area contributed by atoms with E-state index in [0.29, 0.717) is 11.5 Å². The molecule has 160 valence electrons. The molecule has 0 saturated heterocycles. The van der Waals surface area contributed by atoms with E-state index in [4.69, 9.17) is 23.9 Å². The van der Waals surface area contributed by atoms with Crippen LogP contribution in [0.5, 0.6) is 23.0 Å². The lowest BCUT2D eigenvalue weighted by molar-refractivity contribution is 0.174. The third-order valence-corrected chi connectivity index (χ3v) is 6.11. The molecule has 0 atom stereocenters. The van der Waals surface area contributed by atoms with E-state index in [1.54, 1.807) is 14.2 Å². The molecule has 32 heavy (non-hydrogen) atoms. The molecule has 1 aromatic heterocycles. The molecule has 3 aromatic carbocycles. The predicted molar refractivity (Wildman–Crippen MR) is 122 cm³/mol. The van der Waals surface area contributed by atoms with Crippen molar-refractivity contribution >= 4 is 16.5 Å². The van der Waals surface area contributed by atoms with Crippen LogP contribution in [0.4, 0.5) is 5.69 Å². The zero-order valence-corrected chi connectivity index (χ0v) is 17.9. The van der Waals surface area contributed by atoms with Crippen LogP contribution in [0.25, 0.3) is 22.0 Å². The van der Waals surface area contributed by atoms with E-state index in [-0.39, 0.29) is 6.79 Å². The Morgan fingerprint density at radius 3 is 2.50 bits per heavy atom. The SMILES string of the molecule is COc1ccc2cc3n(c(=Nc4ccccc4)c2c1OC)CCc1cc2c(cc1-3)OCO2. The summed E-state index contributed by atoms with van der Waals surface area (Å²) in [6, 6.07) is 20.4. The summed E-state index contributed by atoms with van der Waals surface area (Å²) in [6.07, 6.45) is 0.874. The molecule has 6 rings (SSSR count). The van der Waals surface area contributed by atoms with E-state index in [0.717, 1.165) is 57.7 Å². The maximum atomic E-state index is 5.81. The normalized spacial score (nSPS) is 14.2. The molecule has 6 heteroatoms. The highest BCUT2D eigenvalue weighted by Crippen LogP contribution is 2.42. The molecule has 0 radical (unpaired) electrons. The molecular weight excluding hydrogens is 404 g/mol. The number of hydrogen-bond donors (Lipinski definition) is 0. The van der Waals surface area contributed by atoms with Gasteiger partial charge in [-0.2, -0.15) is 0 Å². The first-order chi connectivity index (χ1) is 15.8. The first kappa shape index (κ1) is 18.8. The van der Waals surface area contributed by atoms with Crippen molar-refractivity contribution in [1.29, 1.82) is 0 Å². The zero-order valence-electron chi connectivity index (χ0n) is 17.9. The van der Waals surface area contributed by atoms with Gasteiger partial charge in [0.25, 0.3) is 0 Å². The fourth-order valence-electron chi connectivity index (χ4n) is 4.62. The molecule has 2 aliphatic rings. The Balaban J connectivity index is 1.73. The Kier molecular flexibility index (Phi) is 4.31. The Morgan fingerprint density at radius 1 is 0.906 bits per heavy atom. The molecule has 3 heterocycles. The Bertz CT molecular complexity index is 1420. The lowest BCUT2D eigenvalue weighted by atomic mass is 9.95. The summed E-state index contributed by atoms with van der Waals surface area (Å²) in [6.45, 7) is 1.06. The van der Waals surface area contributed by atoms with Gasteiger partial charge in [-0.05, 0) is 53.8 Å². The molecule has 4 aromatic rings. The Hall–Kier alpha value is -3.93. The van der Waals surface area contributed by atoms with Crippen LogP contribution in [0.2, 0.25) is 0 Å². The number of rotatable bonds is 3. The highest BCUT2D eigenvalue weighted by molar-refractivity contribution is 5.93. The minimum absolute atomic E-state index is 0.265. The van der Waals surface area contributed by atoms with Crippen molar-refractivity contribution in [3.8, 4) is 34.3 Å². The number of para-hydroxylation sites is 1. The van der Waals surface area contributed by atoms with Gasteiger partial charge in [-0.1, -0.05) is 24.3 Å². The maximum absolute atomic E-state index is 5.81. The van der Waals surface area contributed by atoms with Crippen molar-refractivity contribution in [1.82, 2.24) is 4.57 Å². The van der Waals surface area contributed by atoms with E-state index in [2.05, 4.69) is 28.8 Å². The van der Waals surface area contributed by atoms with Crippen molar-refractivity contribution in [2.45, 2.75) is 13.0 Å². The summed E-state index contributed by atoms with van der Waals surface area (Å²) >= 11 is 0. The second-order valence-electron chi connectivity index (χ2n) is 7.83. The highest BCUT2D eigenvalue weighted by atomic mass is 16.7. The number of ether oxygens (including phenoxy) is 4. The Morgan fingerprint density at radius 2 is 1.72 bits per heavy atom. The number of nitrogens with zero attached hydrogens (tertiary/aromatic N) is 2. The van der Waals surface area contributed by atoms with Crippen molar-refractivity contribution < 1.29 is 18.9 Å². The van der Waals surface area contributed by atoms with Gasteiger partial charge in [-0.25, -0.2) is 4.99 Å². The van der Waals surface area contributed by atoms with Crippen LogP contribution in [0.15, 0.2) is 65.7 Å². The molecule has 0 unspecified atom stereocenters. The summed E-state index contributed by atoms with van der Waals surface area (Å²) < 4.78 is 24.9. The molecule has 0 spiro atoms. The van der Waals surface area contributed by atoms with Gasteiger partial charge < -0.3 is 23.5 Å². The van der Waals surface area contributed by atoms with E-state index in [9.17, 15) is 0 Å². The van der Waals surface area contributed by atoms with Gasteiger partial charge >= 0.3 is 0 Å². The average molecular weight is 426 g/mol. The fraction of sp³-hybridized carbons (Fsp3) is 0.192. The topological polar surface area (TPSA) is 54.2 Å². The molecule has 0 aliphatic carbocycles. The number of aryl methyl sites for hydroxylation is 1. The zero-order chi connectivity index (χ0) is 21.7. The number of pyridine rings is 1. The molecule has 0 N–H and O–H groups in total. The maximum Gasteiger partial charge on any atom is 0.231 e. The number of aromatic nitrogens is 1. The quantitative estimate of drug-likeness (QED) is 0.470. The molecule has 6 nitrogen and oxygen atoms in total. The minimum Gasteiger partial charge on any atom is -0.493 e. The van der Waals surface area contributed by atoms with Gasteiger partial charge in [0.15, 0.2) is 23.0 Å². The number of fused-ring (bicyclic) bond motifs is 5. The van der Waals surface area contributed by atoms with E-state index in [1.165, 1.54) is 5.56 Å². The standard InChI is InChI=1S/C26H22N2O4/c1-29-21-9-8-17-12-20-19-14-23-22(31-15-32-23)13-16(19)10-11-28(20)26(24(17)25(21)30-2)27-18-6-4-3-5-7-18/h3-9,12-14H,10-11,15H2,1-2H3. The van der Waals surface area contributed by atoms with Gasteiger partial charge in [-0.3, -0.25) is 0 Å². The summed E-state index contributed by atoms with van der Waals surface area (Å²) in [4.78, 5) is 5.08. The van der Waals surface area contributed by atoms with Crippen molar-refractivity contribution in [3.05, 3.63) is 71.7 Å². The average Bonchev–Trinajstić information content (AvgIpc) is 3.30. The van der Waals surface area contributed by atoms with Crippen LogP contribution >= 0.6 is 0 Å². The van der Waals surface area contributed by atoms with Crippen LogP contribution in [-0.4, -0.2) is 25.6 Å². The smallest absolute Gasteiger partial charge is 0.231 e. The highest BCUT2D eigenvalue weighted by Gasteiger charge is 2.25. The van der Waals surface area contributed by atoms with Crippen LogP contribution in [-0.2, 0) is 13.0 Å². The molecule has 0 saturated carbocycles. The lowest BCUT2D eigenvalue weighted by Gasteiger charge is -2.25. The summed E-state index contributed by atoms with van der Waals surface area (Å²) in [5, 5.41) is 1.97. The summed E-state index contributed by atoms with van der Waals surface area (Å²) in [5.74, 6) is 2.97. The number of methoxy groups -OCH3 is 2. The third kappa shape index (κ3) is 2.83.